The summed E-state index contributed by atoms with van der Waals surface area (Å²) in [5, 5.41) is 4.04. The molecular formula is C13H17N3O. The van der Waals surface area contributed by atoms with Gasteiger partial charge in [-0.25, -0.2) is 0 Å². The minimum Gasteiger partial charge on any atom is -0.378 e. The van der Waals surface area contributed by atoms with Gasteiger partial charge in [-0.05, 0) is 25.1 Å². The second-order valence-electron chi connectivity index (χ2n) is 4.17. The van der Waals surface area contributed by atoms with Crippen molar-refractivity contribution in [3.8, 4) is 11.3 Å². The molecule has 0 saturated heterocycles. The molecule has 0 aliphatic rings. The van der Waals surface area contributed by atoms with Crippen LogP contribution < -0.4 is 10.6 Å². The molecular weight excluding hydrogens is 214 g/mol. The molecule has 90 valence electrons. The van der Waals surface area contributed by atoms with Gasteiger partial charge in [0, 0.05) is 30.9 Å². The first-order chi connectivity index (χ1) is 8.22. The Morgan fingerprint density at radius 1 is 1.24 bits per heavy atom. The number of aromatic nitrogens is 1. The van der Waals surface area contributed by atoms with Crippen molar-refractivity contribution in [1.29, 1.82) is 0 Å². The number of benzene rings is 1. The van der Waals surface area contributed by atoms with Crippen LogP contribution in [-0.2, 0) is 6.42 Å². The van der Waals surface area contributed by atoms with Crippen LogP contribution in [0.3, 0.4) is 0 Å². The van der Waals surface area contributed by atoms with E-state index in [-0.39, 0.29) is 0 Å². The van der Waals surface area contributed by atoms with Gasteiger partial charge in [-0.3, -0.25) is 0 Å². The number of nitrogens with two attached hydrogens (primary N) is 1. The Balaban J connectivity index is 2.30. The second kappa shape index (κ2) is 5.01. The zero-order valence-corrected chi connectivity index (χ0v) is 10.2. The summed E-state index contributed by atoms with van der Waals surface area (Å²) in [6.45, 7) is 0.601. The highest BCUT2D eigenvalue weighted by molar-refractivity contribution is 5.65. The third kappa shape index (κ3) is 2.47. The molecule has 0 fully saturated rings. The first-order valence-corrected chi connectivity index (χ1v) is 5.63. The molecule has 0 atom stereocenters. The lowest BCUT2D eigenvalue weighted by Gasteiger charge is -2.12. The lowest BCUT2D eigenvalue weighted by molar-refractivity contribution is 0.421. The van der Waals surface area contributed by atoms with Gasteiger partial charge >= 0.3 is 0 Å². The number of hydrogen-bond acceptors (Lipinski definition) is 4. The fourth-order valence-electron chi connectivity index (χ4n) is 1.75. The monoisotopic (exact) mass is 231 g/mol. The van der Waals surface area contributed by atoms with E-state index >= 15 is 0 Å². The van der Waals surface area contributed by atoms with E-state index in [2.05, 4.69) is 22.2 Å². The van der Waals surface area contributed by atoms with Gasteiger partial charge in [0.25, 0.3) is 0 Å². The highest BCUT2D eigenvalue weighted by Crippen LogP contribution is 2.24. The Morgan fingerprint density at radius 3 is 2.53 bits per heavy atom. The van der Waals surface area contributed by atoms with Gasteiger partial charge in [0.1, 0.15) is 12.0 Å². The molecule has 2 rings (SSSR count). The predicted molar refractivity (Wildman–Crippen MR) is 69.0 cm³/mol. The summed E-state index contributed by atoms with van der Waals surface area (Å²) < 4.78 is 5.01. The molecule has 2 aromatic rings. The molecule has 0 bridgehead atoms. The number of anilines is 1. The van der Waals surface area contributed by atoms with Crippen molar-refractivity contribution in [2.75, 3.05) is 25.5 Å². The van der Waals surface area contributed by atoms with E-state index in [0.29, 0.717) is 6.54 Å². The molecule has 4 heteroatoms. The third-order valence-corrected chi connectivity index (χ3v) is 2.71. The molecule has 0 aliphatic carbocycles. The van der Waals surface area contributed by atoms with Crippen LogP contribution >= 0.6 is 0 Å². The lowest BCUT2D eigenvalue weighted by atomic mass is 10.1. The minimum absolute atomic E-state index is 0.601. The van der Waals surface area contributed by atoms with Gasteiger partial charge in [0.2, 0.25) is 0 Å². The van der Waals surface area contributed by atoms with Crippen LogP contribution in [0.4, 0.5) is 5.69 Å². The Labute approximate surface area is 101 Å². The van der Waals surface area contributed by atoms with E-state index < -0.39 is 0 Å². The van der Waals surface area contributed by atoms with Crippen molar-refractivity contribution in [2.45, 2.75) is 6.42 Å². The minimum atomic E-state index is 0.601. The third-order valence-electron chi connectivity index (χ3n) is 2.71. The van der Waals surface area contributed by atoms with Crippen LogP contribution in [0.5, 0.6) is 0 Å². The Bertz CT molecular complexity index is 474. The van der Waals surface area contributed by atoms with E-state index in [1.54, 1.807) is 6.26 Å². The first kappa shape index (κ1) is 11.7. The van der Waals surface area contributed by atoms with Crippen molar-refractivity contribution in [3.05, 3.63) is 36.1 Å². The Morgan fingerprint density at radius 2 is 1.94 bits per heavy atom. The largest absolute Gasteiger partial charge is 0.378 e. The van der Waals surface area contributed by atoms with E-state index in [4.69, 9.17) is 10.3 Å². The van der Waals surface area contributed by atoms with Crippen molar-refractivity contribution < 1.29 is 4.52 Å². The molecule has 1 aromatic heterocycles. The van der Waals surface area contributed by atoms with Crippen LogP contribution in [0.1, 0.15) is 5.56 Å². The Hall–Kier alpha value is -1.81. The fourth-order valence-corrected chi connectivity index (χ4v) is 1.75. The summed E-state index contributed by atoms with van der Waals surface area (Å²) in [4.78, 5) is 2.06. The summed E-state index contributed by atoms with van der Waals surface area (Å²) in [7, 11) is 4.04. The van der Waals surface area contributed by atoms with E-state index in [1.807, 2.05) is 26.2 Å². The van der Waals surface area contributed by atoms with Crippen molar-refractivity contribution in [3.63, 3.8) is 0 Å². The molecule has 0 radical (unpaired) electrons. The predicted octanol–water partition coefficient (Wildman–Crippen LogP) is 1.91. The summed E-state index contributed by atoms with van der Waals surface area (Å²) in [6.07, 6.45) is 2.45. The van der Waals surface area contributed by atoms with Gasteiger partial charge in [-0.15, -0.1) is 0 Å². The first-order valence-electron chi connectivity index (χ1n) is 5.63. The smallest absolute Gasteiger partial charge is 0.127 e. The van der Waals surface area contributed by atoms with Crippen LogP contribution in [0.15, 0.2) is 35.1 Å². The van der Waals surface area contributed by atoms with Crippen LogP contribution in [0.2, 0.25) is 0 Å². The average Bonchev–Trinajstić information content (AvgIpc) is 2.78. The van der Waals surface area contributed by atoms with Crippen molar-refractivity contribution >= 4 is 5.69 Å². The molecule has 0 saturated carbocycles. The average molecular weight is 231 g/mol. The maximum atomic E-state index is 5.55. The van der Waals surface area contributed by atoms with Crippen LogP contribution in [-0.4, -0.2) is 25.8 Å². The molecule has 1 aromatic carbocycles. The van der Waals surface area contributed by atoms with Gasteiger partial charge in [0.15, 0.2) is 0 Å². The molecule has 0 spiro atoms. The quantitative estimate of drug-likeness (QED) is 0.873. The Kier molecular flexibility index (Phi) is 3.44. The summed E-state index contributed by atoms with van der Waals surface area (Å²) in [5.74, 6) is 0. The van der Waals surface area contributed by atoms with Gasteiger partial charge in [-0.2, -0.15) is 0 Å². The standard InChI is InChI=1S/C13H17N3O/c1-16(2)12-5-3-10(4-6-12)13-11(7-8-14)9-17-15-13/h3-6,9H,7-8,14H2,1-2H3. The molecule has 0 amide bonds. The molecule has 2 N–H and O–H groups in total. The maximum Gasteiger partial charge on any atom is 0.127 e. The van der Waals surface area contributed by atoms with Gasteiger partial charge in [-0.1, -0.05) is 17.3 Å². The maximum absolute atomic E-state index is 5.55. The zero-order chi connectivity index (χ0) is 12.3. The normalized spacial score (nSPS) is 10.5. The molecule has 17 heavy (non-hydrogen) atoms. The molecule has 1 heterocycles. The fraction of sp³-hybridized carbons (Fsp3) is 0.308. The number of hydrogen-bond donors (Lipinski definition) is 1. The van der Waals surface area contributed by atoms with E-state index in [9.17, 15) is 0 Å². The molecule has 4 nitrogen and oxygen atoms in total. The summed E-state index contributed by atoms with van der Waals surface area (Å²) in [6, 6.07) is 8.23. The van der Waals surface area contributed by atoms with Crippen LogP contribution in [0, 0.1) is 0 Å². The SMILES string of the molecule is CN(C)c1ccc(-c2nocc2CCN)cc1. The second-order valence-corrected chi connectivity index (χ2v) is 4.17. The van der Waals surface area contributed by atoms with Gasteiger partial charge in [0.05, 0.1) is 0 Å². The molecule has 0 unspecified atom stereocenters. The summed E-state index contributed by atoms with van der Waals surface area (Å²) >= 11 is 0. The topological polar surface area (TPSA) is 55.3 Å². The lowest BCUT2D eigenvalue weighted by Crippen LogP contribution is -2.08. The number of rotatable bonds is 4. The highest BCUT2D eigenvalue weighted by Gasteiger charge is 2.09. The van der Waals surface area contributed by atoms with E-state index in [1.165, 1.54) is 0 Å². The molecule has 0 aliphatic heterocycles. The van der Waals surface area contributed by atoms with Crippen LogP contribution in [0.25, 0.3) is 11.3 Å². The number of nitrogens with zero attached hydrogens (tertiary/aromatic N) is 2. The summed E-state index contributed by atoms with van der Waals surface area (Å²) in [5.41, 5.74) is 9.73. The van der Waals surface area contributed by atoms with Crippen molar-refractivity contribution in [1.82, 2.24) is 5.16 Å². The van der Waals surface area contributed by atoms with Gasteiger partial charge < -0.3 is 15.2 Å². The zero-order valence-electron chi connectivity index (χ0n) is 10.2. The van der Waals surface area contributed by atoms with E-state index in [0.717, 1.165) is 28.9 Å². The highest BCUT2D eigenvalue weighted by atomic mass is 16.5. The van der Waals surface area contributed by atoms with Crippen molar-refractivity contribution in [2.24, 2.45) is 5.73 Å².